The van der Waals surface area contributed by atoms with Gasteiger partial charge in [0, 0.05) is 5.69 Å². The number of hydrogen-bond donors (Lipinski definition) is 2. The maximum atomic E-state index is 12.3. The molecule has 2 N–H and O–H groups in total. The van der Waals surface area contributed by atoms with Gasteiger partial charge in [-0.1, -0.05) is 37.6 Å². The molecule has 0 bridgehead atoms. The van der Waals surface area contributed by atoms with Crippen molar-refractivity contribution in [3.8, 4) is 0 Å². The normalized spacial score (nSPS) is 20.6. The number of hydrogen-bond acceptors (Lipinski definition) is 2. The molecular weight excluding hydrogens is 278 g/mol. The van der Waals surface area contributed by atoms with Gasteiger partial charge >= 0.3 is 5.97 Å². The van der Waals surface area contributed by atoms with Gasteiger partial charge < -0.3 is 10.4 Å². The summed E-state index contributed by atoms with van der Waals surface area (Å²) in [5.41, 5.74) is 1.98. The molecule has 1 aromatic carbocycles. The first kappa shape index (κ1) is 16.3. The molecule has 0 saturated carbocycles. The molecule has 22 heavy (non-hydrogen) atoms. The maximum Gasteiger partial charge on any atom is 0.307 e. The molecule has 0 saturated heterocycles. The number of rotatable bonds is 6. The zero-order chi connectivity index (χ0) is 15.9. The molecule has 1 aromatic rings. The average Bonchev–Trinajstić information content (AvgIpc) is 2.54. The molecular formula is C18H23NO3. The van der Waals surface area contributed by atoms with Gasteiger partial charge in [0.05, 0.1) is 11.8 Å². The number of benzene rings is 1. The van der Waals surface area contributed by atoms with Crippen molar-refractivity contribution >= 4 is 17.6 Å². The molecule has 0 radical (unpaired) electrons. The van der Waals surface area contributed by atoms with Gasteiger partial charge in [0.1, 0.15) is 0 Å². The van der Waals surface area contributed by atoms with Gasteiger partial charge in [0.15, 0.2) is 0 Å². The summed E-state index contributed by atoms with van der Waals surface area (Å²) in [6.07, 6.45) is 7.98. The van der Waals surface area contributed by atoms with Crippen molar-refractivity contribution in [1.29, 1.82) is 0 Å². The molecule has 2 atom stereocenters. The molecule has 1 aliphatic rings. The number of amides is 1. The first-order valence-corrected chi connectivity index (χ1v) is 7.89. The Bertz CT molecular complexity index is 548. The van der Waals surface area contributed by atoms with Crippen LogP contribution in [0.25, 0.3) is 0 Å². The van der Waals surface area contributed by atoms with Crippen LogP contribution in [-0.2, 0) is 16.0 Å². The van der Waals surface area contributed by atoms with Crippen molar-refractivity contribution in [3.63, 3.8) is 0 Å². The number of unbranched alkanes of at least 4 members (excludes halogenated alkanes) is 1. The first-order chi connectivity index (χ1) is 10.6. The highest BCUT2D eigenvalue weighted by Crippen LogP contribution is 2.27. The Labute approximate surface area is 131 Å². The highest BCUT2D eigenvalue weighted by atomic mass is 16.4. The molecule has 0 spiro atoms. The standard InChI is InChI=1S/C18H23NO3/c1-2-3-6-13-9-11-14(12-10-13)19-17(20)15-7-4-5-8-16(15)18(21)22/h4-5,9-12,15-16H,2-3,6-8H2,1H3,(H,19,20)(H,21,22)/t15-,16+/m0/s1. The maximum absolute atomic E-state index is 12.3. The minimum atomic E-state index is -0.903. The highest BCUT2D eigenvalue weighted by Gasteiger charge is 2.33. The summed E-state index contributed by atoms with van der Waals surface area (Å²) in [7, 11) is 0. The topological polar surface area (TPSA) is 66.4 Å². The van der Waals surface area contributed by atoms with Gasteiger partial charge in [-0.25, -0.2) is 0 Å². The van der Waals surface area contributed by atoms with E-state index in [-0.39, 0.29) is 5.91 Å². The number of aryl methyl sites for hydroxylation is 1. The van der Waals surface area contributed by atoms with E-state index in [1.165, 1.54) is 5.56 Å². The summed E-state index contributed by atoms with van der Waals surface area (Å²) in [4.78, 5) is 23.6. The zero-order valence-corrected chi connectivity index (χ0v) is 12.9. The second kappa shape index (κ2) is 7.78. The Morgan fingerprint density at radius 2 is 1.77 bits per heavy atom. The molecule has 0 heterocycles. The number of carboxylic acids is 1. The number of allylic oxidation sites excluding steroid dienone is 2. The summed E-state index contributed by atoms with van der Waals surface area (Å²) in [5, 5.41) is 12.1. The van der Waals surface area contributed by atoms with Crippen molar-refractivity contribution in [2.45, 2.75) is 39.0 Å². The van der Waals surface area contributed by atoms with Crippen LogP contribution in [-0.4, -0.2) is 17.0 Å². The summed E-state index contributed by atoms with van der Waals surface area (Å²) >= 11 is 0. The number of carboxylic acid groups (broad SMARTS) is 1. The lowest BCUT2D eigenvalue weighted by Gasteiger charge is -2.24. The largest absolute Gasteiger partial charge is 0.481 e. The number of anilines is 1. The lowest BCUT2D eigenvalue weighted by atomic mass is 9.82. The van der Waals surface area contributed by atoms with Crippen molar-refractivity contribution in [1.82, 2.24) is 0 Å². The predicted octanol–water partition coefficient (Wildman–Crippen LogP) is 3.63. The van der Waals surface area contributed by atoms with Crippen LogP contribution in [0.1, 0.15) is 38.2 Å². The van der Waals surface area contributed by atoms with Crippen molar-refractivity contribution < 1.29 is 14.7 Å². The molecule has 1 aliphatic carbocycles. The lowest BCUT2D eigenvalue weighted by Crippen LogP contribution is -2.34. The van der Waals surface area contributed by atoms with E-state index in [4.69, 9.17) is 0 Å². The van der Waals surface area contributed by atoms with Crippen LogP contribution in [0.2, 0.25) is 0 Å². The molecule has 1 amide bonds. The van der Waals surface area contributed by atoms with Gasteiger partial charge in [-0.15, -0.1) is 0 Å². The summed E-state index contributed by atoms with van der Waals surface area (Å²) in [6, 6.07) is 7.80. The zero-order valence-electron chi connectivity index (χ0n) is 12.9. The van der Waals surface area contributed by atoms with Crippen LogP contribution in [0.15, 0.2) is 36.4 Å². The Morgan fingerprint density at radius 3 is 2.36 bits per heavy atom. The number of carbonyl (C=O) groups excluding carboxylic acids is 1. The molecule has 4 nitrogen and oxygen atoms in total. The lowest BCUT2D eigenvalue weighted by molar-refractivity contribution is -0.146. The van der Waals surface area contributed by atoms with Gasteiger partial charge in [-0.2, -0.15) is 0 Å². The van der Waals surface area contributed by atoms with E-state index < -0.39 is 17.8 Å². The van der Waals surface area contributed by atoms with E-state index >= 15 is 0 Å². The van der Waals surface area contributed by atoms with Crippen LogP contribution >= 0.6 is 0 Å². The Hall–Kier alpha value is -2.10. The van der Waals surface area contributed by atoms with E-state index in [9.17, 15) is 14.7 Å². The van der Waals surface area contributed by atoms with E-state index in [0.29, 0.717) is 12.8 Å². The summed E-state index contributed by atoms with van der Waals surface area (Å²) < 4.78 is 0. The Morgan fingerprint density at radius 1 is 1.14 bits per heavy atom. The fourth-order valence-electron chi connectivity index (χ4n) is 2.75. The monoisotopic (exact) mass is 301 g/mol. The van der Waals surface area contributed by atoms with Crippen LogP contribution in [0.3, 0.4) is 0 Å². The quantitative estimate of drug-likeness (QED) is 0.788. The molecule has 0 aromatic heterocycles. The fourth-order valence-corrected chi connectivity index (χ4v) is 2.75. The number of aliphatic carboxylic acids is 1. The van der Waals surface area contributed by atoms with Crippen LogP contribution in [0.4, 0.5) is 5.69 Å². The number of nitrogens with one attached hydrogen (secondary N) is 1. The second-order valence-electron chi connectivity index (χ2n) is 5.78. The fraction of sp³-hybridized carbons (Fsp3) is 0.444. The third-order valence-corrected chi connectivity index (χ3v) is 4.13. The Balaban J connectivity index is 1.98. The molecule has 4 heteroatoms. The van der Waals surface area contributed by atoms with Crippen molar-refractivity contribution in [2.75, 3.05) is 5.32 Å². The minimum Gasteiger partial charge on any atom is -0.481 e. The van der Waals surface area contributed by atoms with Gasteiger partial charge in [-0.05, 0) is 43.4 Å². The summed E-state index contributed by atoms with van der Waals surface area (Å²) in [6.45, 7) is 2.16. The van der Waals surface area contributed by atoms with E-state index in [1.54, 1.807) is 0 Å². The highest BCUT2D eigenvalue weighted by molar-refractivity contribution is 5.95. The summed E-state index contributed by atoms with van der Waals surface area (Å²) in [5.74, 6) is -2.24. The Kier molecular flexibility index (Phi) is 5.75. The molecule has 2 rings (SSSR count). The van der Waals surface area contributed by atoms with Crippen LogP contribution < -0.4 is 5.32 Å². The SMILES string of the molecule is CCCCc1ccc(NC(=O)[C@H]2CC=CC[C@H]2C(=O)O)cc1. The molecule has 0 unspecified atom stereocenters. The van der Waals surface area contributed by atoms with E-state index in [2.05, 4.69) is 12.2 Å². The smallest absolute Gasteiger partial charge is 0.307 e. The minimum absolute atomic E-state index is 0.210. The second-order valence-corrected chi connectivity index (χ2v) is 5.78. The van der Waals surface area contributed by atoms with Crippen LogP contribution in [0.5, 0.6) is 0 Å². The van der Waals surface area contributed by atoms with E-state index in [1.807, 2.05) is 36.4 Å². The van der Waals surface area contributed by atoms with Crippen molar-refractivity contribution in [2.24, 2.45) is 11.8 Å². The van der Waals surface area contributed by atoms with Gasteiger partial charge in [0.25, 0.3) is 0 Å². The molecule has 0 aliphatic heterocycles. The van der Waals surface area contributed by atoms with Gasteiger partial charge in [0.2, 0.25) is 5.91 Å². The first-order valence-electron chi connectivity index (χ1n) is 7.89. The number of carbonyl (C=O) groups is 2. The van der Waals surface area contributed by atoms with Crippen molar-refractivity contribution in [3.05, 3.63) is 42.0 Å². The predicted molar refractivity (Wildman–Crippen MR) is 86.7 cm³/mol. The van der Waals surface area contributed by atoms with Crippen LogP contribution in [0, 0.1) is 11.8 Å². The average molecular weight is 301 g/mol. The van der Waals surface area contributed by atoms with Gasteiger partial charge in [-0.3, -0.25) is 9.59 Å². The third kappa shape index (κ3) is 4.20. The molecule has 0 fully saturated rings. The van der Waals surface area contributed by atoms with E-state index in [0.717, 1.165) is 24.9 Å². The third-order valence-electron chi connectivity index (χ3n) is 4.13. The molecule has 118 valence electrons.